The topological polar surface area (TPSA) is 20.2 Å². The molecule has 3 atom stereocenters. The van der Waals surface area contributed by atoms with Crippen LogP contribution < -0.4 is 0 Å². The van der Waals surface area contributed by atoms with E-state index in [1.54, 1.807) is 0 Å². The lowest BCUT2D eigenvalue weighted by molar-refractivity contribution is 0.120. The average Bonchev–Trinajstić information content (AvgIpc) is 2.41. The number of hydrogen-bond donors (Lipinski definition) is 1. The van der Waals surface area contributed by atoms with E-state index in [0.29, 0.717) is 11.8 Å². The zero-order chi connectivity index (χ0) is 10.3. The van der Waals surface area contributed by atoms with E-state index >= 15 is 0 Å². The molecule has 0 aliphatic heterocycles. The van der Waals surface area contributed by atoms with Crippen molar-refractivity contribution in [3.63, 3.8) is 0 Å². The first-order valence-electron chi connectivity index (χ1n) is 5.43. The SMILES string of the molecule is CCC1c2ccc(C)cc2C(O)C1C. The van der Waals surface area contributed by atoms with Crippen LogP contribution in [-0.2, 0) is 0 Å². The Morgan fingerprint density at radius 1 is 1.29 bits per heavy atom. The zero-order valence-corrected chi connectivity index (χ0v) is 9.12. The summed E-state index contributed by atoms with van der Waals surface area (Å²) >= 11 is 0. The molecule has 76 valence electrons. The van der Waals surface area contributed by atoms with Crippen molar-refractivity contribution in [1.29, 1.82) is 0 Å². The number of hydrogen-bond acceptors (Lipinski definition) is 1. The third-order valence-electron chi connectivity index (χ3n) is 3.53. The lowest BCUT2D eigenvalue weighted by Gasteiger charge is -2.15. The highest BCUT2D eigenvalue weighted by Gasteiger charge is 2.35. The molecule has 0 fully saturated rings. The molecule has 2 rings (SSSR count). The predicted molar refractivity (Wildman–Crippen MR) is 58.3 cm³/mol. The Kier molecular flexibility index (Phi) is 2.36. The van der Waals surface area contributed by atoms with Crippen molar-refractivity contribution < 1.29 is 5.11 Å². The van der Waals surface area contributed by atoms with Crippen LogP contribution in [0.3, 0.4) is 0 Å². The minimum absolute atomic E-state index is 0.255. The molecule has 14 heavy (non-hydrogen) atoms. The van der Waals surface area contributed by atoms with Crippen molar-refractivity contribution in [2.45, 2.75) is 39.2 Å². The van der Waals surface area contributed by atoms with Gasteiger partial charge >= 0.3 is 0 Å². The molecule has 0 saturated heterocycles. The Hall–Kier alpha value is -0.820. The molecule has 0 radical (unpaired) electrons. The fourth-order valence-corrected chi connectivity index (χ4v) is 2.67. The van der Waals surface area contributed by atoms with Gasteiger partial charge < -0.3 is 5.11 Å². The predicted octanol–water partition coefficient (Wildman–Crippen LogP) is 3.17. The molecule has 0 saturated carbocycles. The van der Waals surface area contributed by atoms with E-state index in [4.69, 9.17) is 0 Å². The Morgan fingerprint density at radius 3 is 2.64 bits per heavy atom. The highest BCUT2D eigenvalue weighted by atomic mass is 16.3. The molecule has 1 N–H and O–H groups in total. The first kappa shape index (κ1) is 9.72. The fraction of sp³-hybridized carbons (Fsp3) is 0.538. The molecule has 0 aromatic heterocycles. The highest BCUT2D eigenvalue weighted by molar-refractivity contribution is 5.40. The molecular formula is C13H18O. The van der Waals surface area contributed by atoms with E-state index in [-0.39, 0.29) is 6.10 Å². The minimum Gasteiger partial charge on any atom is -0.388 e. The maximum absolute atomic E-state index is 10.1. The number of benzene rings is 1. The van der Waals surface area contributed by atoms with Gasteiger partial charge in [0, 0.05) is 0 Å². The minimum atomic E-state index is -0.255. The van der Waals surface area contributed by atoms with E-state index in [2.05, 4.69) is 39.0 Å². The third kappa shape index (κ3) is 1.27. The normalized spacial score (nSPS) is 30.4. The van der Waals surface area contributed by atoms with Gasteiger partial charge in [0.2, 0.25) is 0 Å². The Morgan fingerprint density at radius 2 is 2.00 bits per heavy atom. The lowest BCUT2D eigenvalue weighted by Crippen LogP contribution is -2.06. The monoisotopic (exact) mass is 190 g/mol. The van der Waals surface area contributed by atoms with Gasteiger partial charge in [-0.25, -0.2) is 0 Å². The summed E-state index contributed by atoms with van der Waals surface area (Å²) in [6.07, 6.45) is 0.865. The standard InChI is InChI=1S/C13H18O/c1-4-10-9(3)13(14)12-7-8(2)5-6-11(10)12/h5-7,9-10,13-14H,4H2,1-3H3. The summed E-state index contributed by atoms with van der Waals surface area (Å²) in [7, 11) is 0. The maximum Gasteiger partial charge on any atom is 0.0824 e. The van der Waals surface area contributed by atoms with Crippen LogP contribution in [0.2, 0.25) is 0 Å². The summed E-state index contributed by atoms with van der Waals surface area (Å²) in [4.78, 5) is 0. The Bertz CT molecular complexity index is 343. The van der Waals surface area contributed by atoms with Gasteiger partial charge in [-0.1, -0.05) is 37.6 Å². The summed E-state index contributed by atoms with van der Waals surface area (Å²) in [6.45, 7) is 6.42. The summed E-state index contributed by atoms with van der Waals surface area (Å²) < 4.78 is 0. The second-order valence-electron chi connectivity index (χ2n) is 4.45. The molecule has 1 heteroatoms. The van der Waals surface area contributed by atoms with Gasteiger partial charge in [-0.3, -0.25) is 0 Å². The lowest BCUT2D eigenvalue weighted by atomic mass is 9.91. The van der Waals surface area contributed by atoms with Crippen molar-refractivity contribution in [1.82, 2.24) is 0 Å². The van der Waals surface area contributed by atoms with Gasteiger partial charge in [-0.05, 0) is 36.3 Å². The molecule has 0 amide bonds. The molecule has 1 aliphatic rings. The van der Waals surface area contributed by atoms with Crippen molar-refractivity contribution in [3.05, 3.63) is 34.9 Å². The molecule has 1 aliphatic carbocycles. The number of aliphatic hydroxyl groups excluding tert-OH is 1. The third-order valence-corrected chi connectivity index (χ3v) is 3.53. The van der Waals surface area contributed by atoms with Crippen LogP contribution in [0.15, 0.2) is 18.2 Å². The molecule has 1 nitrogen and oxygen atoms in total. The molecule has 3 unspecified atom stereocenters. The van der Waals surface area contributed by atoms with Crippen molar-refractivity contribution in [2.75, 3.05) is 0 Å². The molecule has 1 aromatic carbocycles. The maximum atomic E-state index is 10.1. The molecule has 1 aromatic rings. The Labute approximate surface area is 85.8 Å². The van der Waals surface area contributed by atoms with Gasteiger partial charge in [0.05, 0.1) is 6.10 Å². The van der Waals surface area contributed by atoms with Gasteiger partial charge in [0.25, 0.3) is 0 Å². The van der Waals surface area contributed by atoms with Crippen LogP contribution in [-0.4, -0.2) is 5.11 Å². The van der Waals surface area contributed by atoms with Crippen molar-refractivity contribution in [3.8, 4) is 0 Å². The summed E-state index contributed by atoms with van der Waals surface area (Å²) in [6, 6.07) is 6.46. The van der Waals surface area contributed by atoms with E-state index < -0.39 is 0 Å². The highest BCUT2D eigenvalue weighted by Crippen LogP contribution is 2.46. The second-order valence-corrected chi connectivity index (χ2v) is 4.45. The Balaban J connectivity index is 2.50. The molecular weight excluding hydrogens is 172 g/mol. The van der Waals surface area contributed by atoms with Crippen LogP contribution in [0, 0.1) is 12.8 Å². The van der Waals surface area contributed by atoms with E-state index in [9.17, 15) is 5.11 Å². The number of fused-ring (bicyclic) bond motifs is 1. The van der Waals surface area contributed by atoms with Crippen LogP contribution in [0.5, 0.6) is 0 Å². The fourth-order valence-electron chi connectivity index (χ4n) is 2.67. The smallest absolute Gasteiger partial charge is 0.0824 e. The first-order chi connectivity index (χ1) is 6.65. The largest absolute Gasteiger partial charge is 0.388 e. The van der Waals surface area contributed by atoms with E-state index in [0.717, 1.165) is 12.0 Å². The van der Waals surface area contributed by atoms with E-state index in [1.165, 1.54) is 11.1 Å². The number of aliphatic hydroxyl groups is 1. The number of rotatable bonds is 1. The number of aryl methyl sites for hydroxylation is 1. The second kappa shape index (κ2) is 3.39. The summed E-state index contributed by atoms with van der Waals surface area (Å²) in [5, 5.41) is 10.1. The average molecular weight is 190 g/mol. The van der Waals surface area contributed by atoms with Gasteiger partial charge in [-0.15, -0.1) is 0 Å². The van der Waals surface area contributed by atoms with Crippen LogP contribution in [0.25, 0.3) is 0 Å². The van der Waals surface area contributed by atoms with Gasteiger partial charge in [-0.2, -0.15) is 0 Å². The van der Waals surface area contributed by atoms with Crippen molar-refractivity contribution in [2.24, 2.45) is 5.92 Å². The molecule has 0 bridgehead atoms. The van der Waals surface area contributed by atoms with Crippen LogP contribution in [0.1, 0.15) is 49.0 Å². The molecule has 0 spiro atoms. The van der Waals surface area contributed by atoms with Crippen LogP contribution in [0.4, 0.5) is 0 Å². The van der Waals surface area contributed by atoms with Gasteiger partial charge in [0.15, 0.2) is 0 Å². The molecule has 0 heterocycles. The summed E-state index contributed by atoms with van der Waals surface area (Å²) in [5.74, 6) is 0.914. The van der Waals surface area contributed by atoms with Gasteiger partial charge in [0.1, 0.15) is 0 Å². The quantitative estimate of drug-likeness (QED) is 0.721. The van der Waals surface area contributed by atoms with E-state index in [1.807, 2.05) is 0 Å². The van der Waals surface area contributed by atoms with Crippen LogP contribution >= 0.6 is 0 Å². The van der Waals surface area contributed by atoms with Crippen molar-refractivity contribution >= 4 is 0 Å². The first-order valence-corrected chi connectivity index (χ1v) is 5.43. The zero-order valence-electron chi connectivity index (χ0n) is 9.12. The summed E-state index contributed by atoms with van der Waals surface area (Å²) in [5.41, 5.74) is 3.76.